The Bertz CT molecular complexity index is 413. The van der Waals surface area contributed by atoms with Gasteiger partial charge in [-0.1, -0.05) is 6.08 Å². The van der Waals surface area contributed by atoms with Crippen molar-refractivity contribution in [3.63, 3.8) is 0 Å². The van der Waals surface area contributed by atoms with Crippen LogP contribution in [0.1, 0.15) is 37.9 Å². The molecule has 0 radical (unpaired) electrons. The van der Waals surface area contributed by atoms with Crippen molar-refractivity contribution in [3.8, 4) is 5.75 Å². The second-order valence-corrected chi connectivity index (χ2v) is 4.37. The second kappa shape index (κ2) is 5.32. The smallest absolute Gasteiger partial charge is 0.132 e. The minimum atomic E-state index is -0.793. The summed E-state index contributed by atoms with van der Waals surface area (Å²) in [6.07, 6.45) is 6.53. The molecule has 92 valence electrons. The summed E-state index contributed by atoms with van der Waals surface area (Å²) >= 11 is 0. The summed E-state index contributed by atoms with van der Waals surface area (Å²) in [5, 5.41) is 9.32. The Kier molecular flexibility index (Phi) is 3.79. The Morgan fingerprint density at radius 1 is 1.47 bits per heavy atom. The fourth-order valence-electron chi connectivity index (χ4n) is 1.97. The fraction of sp³-hybridized carbons (Fsp3) is 0.429. The Balaban J connectivity index is 2.09. The highest BCUT2D eigenvalue weighted by Gasteiger charge is 2.13. The third kappa shape index (κ3) is 3.07. The van der Waals surface area contributed by atoms with Crippen LogP contribution in [0.15, 0.2) is 30.4 Å². The molecule has 0 aromatic heterocycles. The van der Waals surface area contributed by atoms with E-state index in [1.165, 1.54) is 6.07 Å². The number of rotatable bonds is 3. The summed E-state index contributed by atoms with van der Waals surface area (Å²) in [5.41, 5.74) is 0.302. The minimum absolute atomic E-state index is 0.0422. The first-order valence-electron chi connectivity index (χ1n) is 5.97. The van der Waals surface area contributed by atoms with E-state index in [2.05, 4.69) is 6.08 Å². The summed E-state index contributed by atoms with van der Waals surface area (Å²) in [6, 6.07) is 4.61. The molecule has 1 aliphatic carbocycles. The monoisotopic (exact) mass is 236 g/mol. The molecule has 2 rings (SSSR count). The van der Waals surface area contributed by atoms with Crippen LogP contribution in [0.5, 0.6) is 5.75 Å². The maximum absolute atomic E-state index is 13.6. The predicted molar refractivity (Wildman–Crippen MR) is 64.4 cm³/mol. The van der Waals surface area contributed by atoms with Gasteiger partial charge >= 0.3 is 0 Å². The van der Waals surface area contributed by atoms with Gasteiger partial charge in [-0.3, -0.25) is 0 Å². The number of aliphatic hydroxyl groups is 1. The van der Waals surface area contributed by atoms with Gasteiger partial charge in [-0.25, -0.2) is 4.39 Å². The molecule has 1 aliphatic rings. The third-order valence-corrected chi connectivity index (χ3v) is 2.92. The van der Waals surface area contributed by atoms with Gasteiger partial charge in [0.25, 0.3) is 0 Å². The zero-order valence-electron chi connectivity index (χ0n) is 9.90. The fourth-order valence-corrected chi connectivity index (χ4v) is 1.97. The predicted octanol–water partition coefficient (Wildman–Crippen LogP) is 3.37. The van der Waals surface area contributed by atoms with Crippen LogP contribution in [0.25, 0.3) is 0 Å². The van der Waals surface area contributed by atoms with E-state index in [4.69, 9.17) is 4.74 Å². The van der Waals surface area contributed by atoms with Crippen molar-refractivity contribution in [3.05, 3.63) is 41.7 Å². The number of hydrogen-bond donors (Lipinski definition) is 1. The molecular formula is C14H17FO2. The zero-order valence-corrected chi connectivity index (χ0v) is 9.90. The highest BCUT2D eigenvalue weighted by Crippen LogP contribution is 2.24. The normalized spacial score (nSPS) is 21.2. The van der Waals surface area contributed by atoms with E-state index in [-0.39, 0.29) is 6.10 Å². The Hall–Kier alpha value is -1.35. The summed E-state index contributed by atoms with van der Waals surface area (Å²) in [4.78, 5) is 0. The Morgan fingerprint density at radius 3 is 2.88 bits per heavy atom. The van der Waals surface area contributed by atoms with Crippen LogP contribution < -0.4 is 4.74 Å². The Labute approximate surface area is 101 Å². The van der Waals surface area contributed by atoms with Gasteiger partial charge in [0, 0.05) is 11.6 Å². The van der Waals surface area contributed by atoms with Crippen LogP contribution in [0.2, 0.25) is 0 Å². The van der Waals surface area contributed by atoms with Crippen LogP contribution in [0.4, 0.5) is 4.39 Å². The first kappa shape index (κ1) is 12.1. The van der Waals surface area contributed by atoms with Crippen LogP contribution >= 0.6 is 0 Å². The van der Waals surface area contributed by atoms with Crippen molar-refractivity contribution in [1.82, 2.24) is 0 Å². The molecular weight excluding hydrogens is 219 g/mol. The van der Waals surface area contributed by atoms with Crippen molar-refractivity contribution in [1.29, 1.82) is 0 Å². The van der Waals surface area contributed by atoms with Crippen LogP contribution in [0, 0.1) is 5.82 Å². The lowest BCUT2D eigenvalue weighted by atomic mass is 10.1. The standard InChI is InChI=1S/C14H17FO2/c1-10(16)13-8-7-12(9-14(13)15)17-11-5-3-2-4-6-11/h3,5,7-11,16H,2,4,6H2,1H3/t10-,11?/m0/s1. The maximum atomic E-state index is 13.6. The number of ether oxygens (including phenoxy) is 1. The molecule has 1 N–H and O–H groups in total. The number of allylic oxidation sites excluding steroid dienone is 1. The highest BCUT2D eigenvalue weighted by atomic mass is 19.1. The Morgan fingerprint density at radius 2 is 2.29 bits per heavy atom. The molecule has 0 fully saturated rings. The average Bonchev–Trinajstić information content (AvgIpc) is 2.30. The number of hydrogen-bond acceptors (Lipinski definition) is 2. The van der Waals surface area contributed by atoms with Gasteiger partial charge in [-0.05, 0) is 44.4 Å². The molecule has 1 aromatic carbocycles. The SMILES string of the molecule is C[C@H](O)c1ccc(OC2C=CCCC2)cc1F. The first-order chi connectivity index (χ1) is 8.16. The topological polar surface area (TPSA) is 29.5 Å². The van der Waals surface area contributed by atoms with Crippen molar-refractivity contribution in [2.24, 2.45) is 0 Å². The molecule has 0 aliphatic heterocycles. The molecule has 0 heterocycles. The molecule has 2 nitrogen and oxygen atoms in total. The first-order valence-corrected chi connectivity index (χ1v) is 5.97. The molecule has 0 amide bonds. The average molecular weight is 236 g/mol. The van der Waals surface area contributed by atoms with Crippen LogP contribution in [-0.2, 0) is 0 Å². The molecule has 0 saturated carbocycles. The summed E-state index contributed by atoms with van der Waals surface area (Å²) in [5.74, 6) is 0.0979. The molecule has 1 unspecified atom stereocenters. The largest absolute Gasteiger partial charge is 0.486 e. The molecule has 3 heteroatoms. The maximum Gasteiger partial charge on any atom is 0.132 e. The number of benzene rings is 1. The van der Waals surface area contributed by atoms with Gasteiger partial charge in [-0.2, -0.15) is 0 Å². The zero-order chi connectivity index (χ0) is 12.3. The molecule has 1 aromatic rings. The van der Waals surface area contributed by atoms with Crippen molar-refractivity contribution >= 4 is 0 Å². The van der Waals surface area contributed by atoms with Gasteiger partial charge < -0.3 is 9.84 Å². The van der Waals surface area contributed by atoms with Gasteiger partial charge in [-0.15, -0.1) is 0 Å². The van der Waals surface area contributed by atoms with Crippen LogP contribution in [-0.4, -0.2) is 11.2 Å². The third-order valence-electron chi connectivity index (χ3n) is 2.92. The molecule has 0 saturated heterocycles. The van der Waals surface area contributed by atoms with E-state index in [9.17, 15) is 9.50 Å². The quantitative estimate of drug-likeness (QED) is 0.815. The number of aliphatic hydroxyl groups excluding tert-OH is 1. The van der Waals surface area contributed by atoms with Crippen molar-refractivity contribution in [2.75, 3.05) is 0 Å². The highest BCUT2D eigenvalue weighted by molar-refractivity contribution is 5.30. The van der Waals surface area contributed by atoms with Gasteiger partial charge in [0.05, 0.1) is 6.10 Å². The molecule has 0 spiro atoms. The lowest BCUT2D eigenvalue weighted by Gasteiger charge is -2.19. The summed E-state index contributed by atoms with van der Waals surface area (Å²) in [7, 11) is 0. The minimum Gasteiger partial charge on any atom is -0.486 e. The second-order valence-electron chi connectivity index (χ2n) is 4.37. The lowest BCUT2D eigenvalue weighted by molar-refractivity contribution is 0.193. The summed E-state index contributed by atoms with van der Waals surface area (Å²) in [6.45, 7) is 1.54. The van der Waals surface area contributed by atoms with E-state index >= 15 is 0 Å². The van der Waals surface area contributed by atoms with E-state index < -0.39 is 11.9 Å². The van der Waals surface area contributed by atoms with Gasteiger partial charge in [0.1, 0.15) is 17.7 Å². The number of halogens is 1. The molecule has 0 bridgehead atoms. The van der Waals surface area contributed by atoms with Crippen molar-refractivity contribution < 1.29 is 14.2 Å². The van der Waals surface area contributed by atoms with E-state index in [1.807, 2.05) is 6.08 Å². The van der Waals surface area contributed by atoms with E-state index in [0.717, 1.165) is 19.3 Å². The van der Waals surface area contributed by atoms with E-state index in [1.54, 1.807) is 19.1 Å². The van der Waals surface area contributed by atoms with Gasteiger partial charge in [0.15, 0.2) is 0 Å². The van der Waals surface area contributed by atoms with Gasteiger partial charge in [0.2, 0.25) is 0 Å². The lowest BCUT2D eigenvalue weighted by Crippen LogP contribution is -2.15. The summed E-state index contributed by atoms with van der Waals surface area (Å²) < 4.78 is 19.3. The molecule has 2 atom stereocenters. The van der Waals surface area contributed by atoms with Crippen molar-refractivity contribution in [2.45, 2.75) is 38.4 Å². The molecule has 17 heavy (non-hydrogen) atoms. The van der Waals surface area contributed by atoms with Crippen LogP contribution in [0.3, 0.4) is 0 Å². The van der Waals surface area contributed by atoms with E-state index in [0.29, 0.717) is 11.3 Å².